The molecule has 12 rings (SSSR count). The van der Waals surface area contributed by atoms with E-state index in [0.717, 1.165) is 127 Å². The van der Waals surface area contributed by atoms with Crippen LogP contribution in [-0.4, -0.2) is 110 Å². The topological polar surface area (TPSA) is 130 Å². The average molecular weight is 1390 g/mol. The molecule has 12 fully saturated rings. The molecule has 9 unspecified atom stereocenters. The zero-order valence-electron chi connectivity index (χ0n) is 68.8. The lowest BCUT2D eigenvalue weighted by Crippen LogP contribution is -2.43. The number of hydrogen-bond donors (Lipinski definition) is 2. The second-order valence-corrected chi connectivity index (χ2v) is 37.0. The lowest BCUT2D eigenvalue weighted by Gasteiger charge is -2.37. The molecule has 6 saturated heterocycles. The quantitative estimate of drug-likeness (QED) is 0.274. The molecule has 98 heavy (non-hydrogen) atoms. The first-order valence-electron chi connectivity index (χ1n) is 42.4. The number of ketones is 2. The smallest absolute Gasteiger partial charge is 0.132 e. The van der Waals surface area contributed by atoms with Gasteiger partial charge in [0.05, 0.1) is 55.4 Å². The van der Waals surface area contributed by atoms with E-state index in [2.05, 4.69) is 111 Å². The minimum Gasteiger partial charge on any atom is -0.390 e. The second-order valence-electron chi connectivity index (χ2n) is 37.0. The highest BCUT2D eigenvalue weighted by molar-refractivity contribution is 5.78. The van der Waals surface area contributed by atoms with Crippen molar-refractivity contribution in [3.05, 3.63) is 0 Å². The van der Waals surface area contributed by atoms with Crippen LogP contribution >= 0.6 is 0 Å². The van der Waals surface area contributed by atoms with Crippen LogP contribution in [0, 0.1) is 63.1 Å². The van der Waals surface area contributed by atoms with E-state index in [1.807, 2.05) is 6.92 Å². The molecule has 0 radical (unpaired) electrons. The monoisotopic (exact) mass is 1390 g/mol. The highest BCUT2D eigenvalue weighted by Crippen LogP contribution is 2.39. The number of rotatable bonds is 5. The van der Waals surface area contributed by atoms with E-state index in [-0.39, 0.29) is 29.8 Å². The molecule has 9 atom stereocenters. The summed E-state index contributed by atoms with van der Waals surface area (Å²) in [7, 11) is 0. The SMILES string of the molecule is CC(=O)C1CCCCC1.CC(=O)CC1CCCCC1.CC(C)(C)C1CCCCC1.CC(C)(C)C1CCCCC1.CC(C)(C)C1CCCO1.CC(C)(C)C1OCCCC1O.CC1CCCCC1.CC1CCCCC1.CC1COC2CCOC12.CCC1CCCO1.CCC1OCCCC1O. The summed E-state index contributed by atoms with van der Waals surface area (Å²) in [5.41, 5.74) is 1.57. The minimum atomic E-state index is -0.260. The van der Waals surface area contributed by atoms with Gasteiger partial charge in [-0.15, -0.1) is 0 Å². The third kappa shape index (κ3) is 44.1. The Morgan fingerprint density at radius 3 is 1.08 bits per heavy atom. The molecule has 0 amide bonds. The van der Waals surface area contributed by atoms with Gasteiger partial charge in [0.2, 0.25) is 0 Å². The molecule has 0 bridgehead atoms. The molecule has 0 aromatic rings. The molecule has 582 valence electrons. The number of carbonyl (C=O) groups is 2. The molecule has 6 aliphatic carbocycles. The van der Waals surface area contributed by atoms with Gasteiger partial charge < -0.3 is 43.4 Å². The van der Waals surface area contributed by atoms with Gasteiger partial charge >= 0.3 is 0 Å². The predicted octanol–water partition coefficient (Wildman–Crippen LogP) is 24.2. The van der Waals surface area contributed by atoms with E-state index in [4.69, 9.17) is 28.4 Å². The zero-order valence-corrected chi connectivity index (χ0v) is 68.8. The van der Waals surface area contributed by atoms with Crippen molar-refractivity contribution in [2.45, 2.75) is 450 Å². The third-order valence-corrected chi connectivity index (χ3v) is 23.5. The Bertz CT molecular complexity index is 1820. The van der Waals surface area contributed by atoms with Crippen molar-refractivity contribution in [2.75, 3.05) is 39.6 Å². The maximum absolute atomic E-state index is 10.8. The lowest BCUT2D eigenvalue weighted by atomic mass is 9.72. The molecule has 6 aliphatic heterocycles. The normalized spacial score (nSPS) is 29.1. The Morgan fingerprint density at radius 2 is 0.796 bits per heavy atom. The van der Waals surface area contributed by atoms with Gasteiger partial charge in [0, 0.05) is 51.3 Å². The first-order valence-corrected chi connectivity index (χ1v) is 42.4. The maximum atomic E-state index is 10.8. The van der Waals surface area contributed by atoms with Crippen LogP contribution in [0.15, 0.2) is 0 Å². The molecule has 0 spiro atoms. The van der Waals surface area contributed by atoms with Crippen molar-refractivity contribution in [1.29, 1.82) is 0 Å². The van der Waals surface area contributed by atoms with Crippen molar-refractivity contribution < 1.29 is 48.2 Å². The molecule has 0 aromatic carbocycles. The molecular formula is C88H170O10. The van der Waals surface area contributed by atoms with Crippen molar-refractivity contribution in [3.63, 3.8) is 0 Å². The van der Waals surface area contributed by atoms with E-state index in [0.29, 0.717) is 64.1 Å². The number of fused-ring (bicyclic) bond motifs is 1. The van der Waals surface area contributed by atoms with Gasteiger partial charge in [-0.1, -0.05) is 272 Å². The summed E-state index contributed by atoms with van der Waals surface area (Å²) in [6.45, 7) is 47.3. The number of carbonyl (C=O) groups excluding carboxylic acids is 2. The lowest BCUT2D eigenvalue weighted by molar-refractivity contribution is -0.121. The average Bonchev–Trinajstić information content (AvgIpc) is 1.82. The summed E-state index contributed by atoms with van der Waals surface area (Å²) in [5, 5.41) is 18.8. The van der Waals surface area contributed by atoms with Crippen LogP contribution in [0.25, 0.3) is 0 Å². The van der Waals surface area contributed by atoms with Gasteiger partial charge in [-0.05, 0) is 174 Å². The molecule has 10 nitrogen and oxygen atoms in total. The zero-order chi connectivity index (χ0) is 73.0. The van der Waals surface area contributed by atoms with Crippen molar-refractivity contribution in [2.24, 2.45) is 63.1 Å². The Kier molecular flexibility index (Phi) is 50.3. The fourth-order valence-corrected chi connectivity index (χ4v) is 16.6. The molecule has 6 saturated carbocycles. The van der Waals surface area contributed by atoms with Gasteiger partial charge in [-0.25, -0.2) is 0 Å². The summed E-state index contributed by atoms with van der Waals surface area (Å²) in [5.74, 6) is 6.61. The van der Waals surface area contributed by atoms with Gasteiger partial charge in [0.1, 0.15) is 11.6 Å². The largest absolute Gasteiger partial charge is 0.390 e. The van der Waals surface area contributed by atoms with Gasteiger partial charge in [0.15, 0.2) is 0 Å². The predicted molar refractivity (Wildman–Crippen MR) is 416 cm³/mol. The first kappa shape index (κ1) is 93.1. The second kappa shape index (κ2) is 52.9. The number of aliphatic hydroxyl groups is 2. The Balaban J connectivity index is 0.000000368. The number of ether oxygens (including phenoxy) is 6. The standard InChI is InChI=1S/2C10H20.C9H18O2.C9H16O.C8H16O.C8H14O.C7H12O2.C7H14O2.2C7H14.C6H12O/c2*1-10(2,3)9-7-5-4-6-8-9;1-9(2,3)8-7(10)5-4-6-11-8;1-8(10)7-9-5-3-2-4-6-9;1-8(2,3)7-5-4-6-9-7;1-7(9)8-5-3-2-4-6-8;1-5-4-9-6-2-3-8-7(5)6;1-2-7-6(8)4-3-5-9-7;2*1-7-5-3-2-4-6-7;1-2-6-4-3-5-7-6/h2*9H,4-8H2,1-3H3;7-8,10H,4-6H2,1-3H3;9H,2-7H2,1H3;7H,4-6H2,1-3H3;8H,2-6H2,1H3;5-7H,2-4H2,1H3;6-8H,2-5H2,1H3;2*7H,2-6H2,1H3;6H,2-5H2,1H3. The Labute approximate surface area is 609 Å². The summed E-state index contributed by atoms with van der Waals surface area (Å²) in [6, 6.07) is 0. The molecule has 6 heterocycles. The Hall–Kier alpha value is -0.980. The molecule has 0 aromatic heterocycles. The maximum Gasteiger partial charge on any atom is 0.132 e. The molecule has 12 aliphatic rings. The van der Waals surface area contributed by atoms with E-state index in [1.165, 1.54) is 212 Å². The summed E-state index contributed by atoms with van der Waals surface area (Å²) in [6.07, 6.45) is 57.0. The number of aliphatic hydroxyl groups excluding tert-OH is 2. The van der Waals surface area contributed by atoms with Crippen LogP contribution in [0.4, 0.5) is 0 Å². The van der Waals surface area contributed by atoms with Gasteiger partial charge in [-0.2, -0.15) is 0 Å². The molecule has 10 heteroatoms. The molecular weight excluding hydrogens is 1220 g/mol. The van der Waals surface area contributed by atoms with Crippen LogP contribution < -0.4 is 0 Å². The molecule has 2 N–H and O–H groups in total. The summed E-state index contributed by atoms with van der Waals surface area (Å²) >= 11 is 0. The van der Waals surface area contributed by atoms with Crippen molar-refractivity contribution in [3.8, 4) is 0 Å². The van der Waals surface area contributed by atoms with Gasteiger partial charge in [-0.3, -0.25) is 4.79 Å². The number of hydrogen-bond acceptors (Lipinski definition) is 10. The highest BCUT2D eigenvalue weighted by Gasteiger charge is 2.39. The summed E-state index contributed by atoms with van der Waals surface area (Å²) < 4.78 is 32.5. The van der Waals surface area contributed by atoms with Crippen molar-refractivity contribution >= 4 is 11.6 Å². The first-order chi connectivity index (χ1) is 46.4. The minimum absolute atomic E-state index is 0.0243. The van der Waals surface area contributed by atoms with Gasteiger partial charge in [0.25, 0.3) is 0 Å². The van der Waals surface area contributed by atoms with Crippen LogP contribution in [-0.2, 0) is 38.0 Å². The van der Waals surface area contributed by atoms with Crippen molar-refractivity contribution in [1.82, 2.24) is 0 Å². The van der Waals surface area contributed by atoms with E-state index >= 15 is 0 Å². The number of Topliss-reactive ketones (excluding diaryl/α,β-unsaturated/α-hetero) is 2. The van der Waals surface area contributed by atoms with Crippen LogP contribution in [0.3, 0.4) is 0 Å². The van der Waals surface area contributed by atoms with E-state index < -0.39 is 0 Å². The highest BCUT2D eigenvalue weighted by atomic mass is 16.6. The Morgan fingerprint density at radius 1 is 0.378 bits per heavy atom. The van der Waals surface area contributed by atoms with E-state index in [9.17, 15) is 19.8 Å². The van der Waals surface area contributed by atoms with Crippen LogP contribution in [0.2, 0.25) is 0 Å². The van der Waals surface area contributed by atoms with Crippen LogP contribution in [0.5, 0.6) is 0 Å². The van der Waals surface area contributed by atoms with Crippen LogP contribution in [0.1, 0.15) is 401 Å². The summed E-state index contributed by atoms with van der Waals surface area (Å²) in [4.78, 5) is 21.5. The fourth-order valence-electron chi connectivity index (χ4n) is 16.6. The third-order valence-electron chi connectivity index (χ3n) is 23.5. The fraction of sp³-hybridized carbons (Fsp3) is 0.977. The van der Waals surface area contributed by atoms with E-state index in [1.54, 1.807) is 13.8 Å².